The number of hydrogen-bond donors (Lipinski definition) is 3. The Morgan fingerprint density at radius 2 is 1.76 bits per heavy atom. The van der Waals surface area contributed by atoms with Gasteiger partial charge in [-0.25, -0.2) is 4.39 Å². The second-order valence-corrected chi connectivity index (χ2v) is 5.80. The van der Waals surface area contributed by atoms with Crippen molar-refractivity contribution >= 4 is 17.5 Å². The minimum atomic E-state index is -0.350. The molecule has 0 aliphatic heterocycles. The summed E-state index contributed by atoms with van der Waals surface area (Å²) in [4.78, 5) is 24.1. The predicted octanol–water partition coefficient (Wildman–Crippen LogP) is 2.55. The molecule has 3 N–H and O–H groups in total. The lowest BCUT2D eigenvalue weighted by Gasteiger charge is -2.12. The molecule has 5 nitrogen and oxygen atoms in total. The summed E-state index contributed by atoms with van der Waals surface area (Å²) in [5.74, 6) is -0.902. The van der Waals surface area contributed by atoms with E-state index in [2.05, 4.69) is 16.0 Å². The van der Waals surface area contributed by atoms with Gasteiger partial charge in [-0.1, -0.05) is 25.1 Å². The van der Waals surface area contributed by atoms with Gasteiger partial charge in [-0.2, -0.15) is 0 Å². The third-order valence-corrected chi connectivity index (χ3v) is 3.77. The molecule has 6 heteroatoms. The summed E-state index contributed by atoms with van der Waals surface area (Å²) in [6, 6.07) is 12.9. The van der Waals surface area contributed by atoms with Crippen LogP contribution in [0.3, 0.4) is 0 Å². The zero-order valence-electron chi connectivity index (χ0n) is 14.3. The fourth-order valence-electron chi connectivity index (χ4n) is 2.29. The maximum atomic E-state index is 13.5. The molecular weight excluding hydrogens is 321 g/mol. The molecule has 2 amide bonds. The van der Waals surface area contributed by atoms with Gasteiger partial charge < -0.3 is 16.0 Å². The highest BCUT2D eigenvalue weighted by Gasteiger charge is 2.12. The Balaban J connectivity index is 1.91. The minimum Gasteiger partial charge on any atom is -0.348 e. The number of hydrogen-bond acceptors (Lipinski definition) is 3. The highest BCUT2D eigenvalue weighted by atomic mass is 19.1. The van der Waals surface area contributed by atoms with Gasteiger partial charge in [0.2, 0.25) is 5.91 Å². The fourth-order valence-corrected chi connectivity index (χ4v) is 2.29. The Morgan fingerprint density at radius 3 is 2.40 bits per heavy atom. The smallest absolute Gasteiger partial charge is 0.251 e. The highest BCUT2D eigenvalue weighted by Crippen LogP contribution is 2.12. The van der Waals surface area contributed by atoms with Crippen molar-refractivity contribution in [3.8, 4) is 0 Å². The zero-order valence-corrected chi connectivity index (χ0v) is 14.3. The van der Waals surface area contributed by atoms with Gasteiger partial charge >= 0.3 is 0 Å². The lowest BCUT2D eigenvalue weighted by Crippen LogP contribution is -2.28. The first-order valence-corrected chi connectivity index (χ1v) is 8.08. The van der Waals surface area contributed by atoms with E-state index in [-0.39, 0.29) is 30.1 Å². The Hall–Kier alpha value is -2.73. The molecule has 25 heavy (non-hydrogen) atoms. The van der Waals surface area contributed by atoms with E-state index in [1.54, 1.807) is 49.5 Å². The molecule has 0 aromatic heterocycles. The van der Waals surface area contributed by atoms with Crippen molar-refractivity contribution in [2.45, 2.75) is 13.5 Å². The number of nitrogens with one attached hydrogen (secondary N) is 3. The van der Waals surface area contributed by atoms with Gasteiger partial charge in [-0.05, 0) is 37.4 Å². The van der Waals surface area contributed by atoms with E-state index < -0.39 is 0 Å². The lowest BCUT2D eigenvalue weighted by molar-refractivity contribution is -0.119. The molecule has 0 radical (unpaired) electrons. The van der Waals surface area contributed by atoms with Crippen LogP contribution in [0.15, 0.2) is 48.5 Å². The lowest BCUT2D eigenvalue weighted by atomic mass is 10.1. The van der Waals surface area contributed by atoms with Crippen LogP contribution in [0.2, 0.25) is 0 Å². The molecule has 0 aliphatic carbocycles. The number of benzene rings is 2. The first-order chi connectivity index (χ1) is 12.0. The van der Waals surface area contributed by atoms with Crippen LogP contribution in [0.1, 0.15) is 22.8 Å². The van der Waals surface area contributed by atoms with Crippen LogP contribution in [-0.4, -0.2) is 25.4 Å². The first-order valence-electron chi connectivity index (χ1n) is 8.08. The van der Waals surface area contributed by atoms with E-state index in [0.717, 1.165) is 0 Å². The van der Waals surface area contributed by atoms with Crippen molar-refractivity contribution in [3.05, 3.63) is 65.5 Å². The maximum Gasteiger partial charge on any atom is 0.251 e. The zero-order chi connectivity index (χ0) is 18.2. The van der Waals surface area contributed by atoms with Gasteiger partial charge in [0.15, 0.2) is 0 Å². The summed E-state index contributed by atoms with van der Waals surface area (Å²) >= 11 is 0. The van der Waals surface area contributed by atoms with Crippen LogP contribution in [0.25, 0.3) is 0 Å². The van der Waals surface area contributed by atoms with Gasteiger partial charge in [0.05, 0.1) is 0 Å². The van der Waals surface area contributed by atoms with E-state index >= 15 is 0 Å². The molecule has 2 aromatic carbocycles. The number of halogens is 1. The Kier molecular flexibility index (Phi) is 6.65. The number of rotatable bonds is 7. The predicted molar refractivity (Wildman–Crippen MR) is 95.7 cm³/mol. The molecule has 2 aromatic rings. The Labute approximate surface area is 146 Å². The van der Waals surface area contributed by atoms with Gasteiger partial charge in [0.1, 0.15) is 5.82 Å². The molecule has 132 valence electrons. The molecule has 0 saturated heterocycles. The van der Waals surface area contributed by atoms with Gasteiger partial charge in [0.25, 0.3) is 5.91 Å². The summed E-state index contributed by atoms with van der Waals surface area (Å²) in [6.07, 6.45) is 0. The van der Waals surface area contributed by atoms with E-state index in [1.807, 2.05) is 6.92 Å². The molecule has 0 heterocycles. The highest BCUT2D eigenvalue weighted by molar-refractivity contribution is 5.96. The monoisotopic (exact) mass is 343 g/mol. The number of carbonyl (C=O) groups excluding carboxylic acids is 2. The van der Waals surface area contributed by atoms with Crippen LogP contribution >= 0.6 is 0 Å². The summed E-state index contributed by atoms with van der Waals surface area (Å²) in [7, 11) is 1.79. The van der Waals surface area contributed by atoms with Crippen LogP contribution in [0.4, 0.5) is 10.1 Å². The van der Waals surface area contributed by atoms with Crippen LogP contribution in [0, 0.1) is 11.7 Å². The van der Waals surface area contributed by atoms with E-state index in [0.29, 0.717) is 23.4 Å². The normalized spacial score (nSPS) is 11.6. The maximum absolute atomic E-state index is 13.5. The molecule has 0 saturated carbocycles. The quantitative estimate of drug-likeness (QED) is 0.724. The molecule has 0 spiro atoms. The molecule has 1 unspecified atom stereocenters. The molecule has 0 bridgehead atoms. The van der Waals surface area contributed by atoms with E-state index in [4.69, 9.17) is 0 Å². The third-order valence-electron chi connectivity index (χ3n) is 3.77. The van der Waals surface area contributed by atoms with Crippen LogP contribution in [-0.2, 0) is 11.3 Å². The van der Waals surface area contributed by atoms with Crippen molar-refractivity contribution in [1.29, 1.82) is 0 Å². The largest absolute Gasteiger partial charge is 0.348 e. The Morgan fingerprint density at radius 1 is 1.08 bits per heavy atom. The first kappa shape index (κ1) is 18.6. The van der Waals surface area contributed by atoms with Gasteiger partial charge in [-0.3, -0.25) is 9.59 Å². The molecule has 0 fully saturated rings. The summed E-state index contributed by atoms with van der Waals surface area (Å²) < 4.78 is 13.5. The van der Waals surface area contributed by atoms with Crippen molar-refractivity contribution in [2.24, 2.45) is 5.92 Å². The standard InChI is InChI=1S/C19H22FN3O2/c1-13(11-21-2)18(24)23-16-9-7-14(8-10-16)19(25)22-12-15-5-3-4-6-17(15)20/h3-10,13,21H,11-12H2,1-2H3,(H,22,25)(H,23,24). The average Bonchev–Trinajstić information content (AvgIpc) is 2.61. The molecular formula is C19H22FN3O2. The summed E-state index contributed by atoms with van der Waals surface area (Å²) in [5, 5.41) is 8.42. The number of amides is 2. The van der Waals surface area contributed by atoms with Gasteiger partial charge in [0, 0.05) is 35.8 Å². The topological polar surface area (TPSA) is 70.2 Å². The van der Waals surface area contributed by atoms with Crippen LogP contribution < -0.4 is 16.0 Å². The summed E-state index contributed by atoms with van der Waals surface area (Å²) in [6.45, 7) is 2.53. The molecule has 0 aliphatic rings. The van der Waals surface area contributed by atoms with Crippen molar-refractivity contribution < 1.29 is 14.0 Å². The fraction of sp³-hybridized carbons (Fsp3) is 0.263. The van der Waals surface area contributed by atoms with Crippen molar-refractivity contribution in [1.82, 2.24) is 10.6 Å². The average molecular weight is 343 g/mol. The van der Waals surface area contributed by atoms with Crippen molar-refractivity contribution in [2.75, 3.05) is 18.9 Å². The van der Waals surface area contributed by atoms with Crippen molar-refractivity contribution in [3.63, 3.8) is 0 Å². The second kappa shape index (κ2) is 8.94. The second-order valence-electron chi connectivity index (χ2n) is 5.80. The Bertz CT molecular complexity index is 732. The third kappa shape index (κ3) is 5.39. The minimum absolute atomic E-state index is 0.0916. The SMILES string of the molecule is CNCC(C)C(=O)Nc1ccc(C(=O)NCc2ccccc2F)cc1. The number of anilines is 1. The van der Waals surface area contributed by atoms with Gasteiger partial charge in [-0.15, -0.1) is 0 Å². The van der Waals surface area contributed by atoms with Crippen LogP contribution in [0.5, 0.6) is 0 Å². The summed E-state index contributed by atoms with van der Waals surface area (Å²) in [5.41, 5.74) is 1.49. The molecule has 1 atom stereocenters. The molecule has 2 rings (SSSR count). The number of carbonyl (C=O) groups is 2. The van der Waals surface area contributed by atoms with E-state index in [1.165, 1.54) is 6.07 Å². The van der Waals surface area contributed by atoms with E-state index in [9.17, 15) is 14.0 Å².